The summed E-state index contributed by atoms with van der Waals surface area (Å²) in [7, 11) is 0. The first kappa shape index (κ1) is 12.1. The monoisotopic (exact) mass is 266 g/mol. The molecule has 1 aromatic heterocycles. The normalized spacial score (nSPS) is 10.6. The zero-order chi connectivity index (χ0) is 13.1. The standard InChI is InChI=1S/C16H14N2S/c17-11-14-18-15(12-7-3-1-4-8-12)16(19-14)13-9-5-2-6-10-13/h1-10H,11,17H2. The summed E-state index contributed by atoms with van der Waals surface area (Å²) in [6.07, 6.45) is 0. The molecule has 2 aromatic carbocycles. The van der Waals surface area contributed by atoms with Gasteiger partial charge in [0.2, 0.25) is 0 Å². The maximum atomic E-state index is 5.74. The van der Waals surface area contributed by atoms with Gasteiger partial charge in [-0.3, -0.25) is 0 Å². The van der Waals surface area contributed by atoms with Crippen molar-refractivity contribution in [1.29, 1.82) is 0 Å². The van der Waals surface area contributed by atoms with Crippen LogP contribution in [0.2, 0.25) is 0 Å². The van der Waals surface area contributed by atoms with Gasteiger partial charge in [0.25, 0.3) is 0 Å². The second-order valence-corrected chi connectivity index (χ2v) is 5.31. The highest BCUT2D eigenvalue weighted by Gasteiger charge is 2.13. The average Bonchev–Trinajstić information content (AvgIpc) is 2.93. The number of hydrogen-bond acceptors (Lipinski definition) is 3. The SMILES string of the molecule is NCc1nc(-c2ccccc2)c(-c2ccccc2)s1. The zero-order valence-corrected chi connectivity index (χ0v) is 11.2. The summed E-state index contributed by atoms with van der Waals surface area (Å²) in [5.41, 5.74) is 9.09. The van der Waals surface area contributed by atoms with Crippen LogP contribution in [0.1, 0.15) is 5.01 Å². The molecule has 0 aliphatic carbocycles. The number of nitrogens with zero attached hydrogens (tertiary/aromatic N) is 1. The second-order valence-electron chi connectivity index (χ2n) is 4.22. The molecule has 0 spiro atoms. The fraction of sp³-hybridized carbons (Fsp3) is 0.0625. The van der Waals surface area contributed by atoms with E-state index in [9.17, 15) is 0 Å². The Morgan fingerprint density at radius 2 is 1.42 bits per heavy atom. The number of benzene rings is 2. The predicted octanol–water partition coefficient (Wildman–Crippen LogP) is 3.94. The first-order valence-corrected chi connectivity index (χ1v) is 7.01. The highest BCUT2D eigenvalue weighted by atomic mass is 32.1. The van der Waals surface area contributed by atoms with Crippen LogP contribution in [0.15, 0.2) is 60.7 Å². The van der Waals surface area contributed by atoms with E-state index in [0.29, 0.717) is 6.54 Å². The van der Waals surface area contributed by atoms with Crippen LogP contribution in [0.5, 0.6) is 0 Å². The van der Waals surface area contributed by atoms with Crippen molar-refractivity contribution in [2.45, 2.75) is 6.54 Å². The Labute approximate surface area is 116 Å². The summed E-state index contributed by atoms with van der Waals surface area (Å²) in [4.78, 5) is 5.86. The molecular weight excluding hydrogens is 252 g/mol. The maximum absolute atomic E-state index is 5.74. The van der Waals surface area contributed by atoms with Gasteiger partial charge in [-0.2, -0.15) is 0 Å². The molecule has 19 heavy (non-hydrogen) atoms. The molecule has 0 aliphatic heterocycles. The van der Waals surface area contributed by atoms with Gasteiger partial charge in [-0.1, -0.05) is 60.7 Å². The molecule has 3 heteroatoms. The molecule has 2 N–H and O–H groups in total. The smallest absolute Gasteiger partial charge is 0.107 e. The number of thiazole rings is 1. The topological polar surface area (TPSA) is 38.9 Å². The van der Waals surface area contributed by atoms with Gasteiger partial charge in [-0.25, -0.2) is 4.98 Å². The van der Waals surface area contributed by atoms with Gasteiger partial charge >= 0.3 is 0 Å². The van der Waals surface area contributed by atoms with Crippen LogP contribution in [0.4, 0.5) is 0 Å². The molecule has 0 radical (unpaired) electrons. The van der Waals surface area contributed by atoms with Gasteiger partial charge < -0.3 is 5.73 Å². The van der Waals surface area contributed by atoms with E-state index in [0.717, 1.165) is 16.3 Å². The molecule has 0 bridgehead atoms. The lowest BCUT2D eigenvalue weighted by Crippen LogP contribution is -1.94. The van der Waals surface area contributed by atoms with Gasteiger partial charge in [0.1, 0.15) is 5.01 Å². The zero-order valence-electron chi connectivity index (χ0n) is 10.4. The predicted molar refractivity (Wildman–Crippen MR) is 80.9 cm³/mol. The summed E-state index contributed by atoms with van der Waals surface area (Å²) < 4.78 is 0. The van der Waals surface area contributed by atoms with E-state index >= 15 is 0 Å². The van der Waals surface area contributed by atoms with Crippen molar-refractivity contribution in [2.24, 2.45) is 5.73 Å². The van der Waals surface area contributed by atoms with E-state index < -0.39 is 0 Å². The molecule has 3 aromatic rings. The third-order valence-corrected chi connectivity index (χ3v) is 4.06. The number of aromatic nitrogens is 1. The van der Waals surface area contributed by atoms with Crippen LogP contribution in [-0.4, -0.2) is 4.98 Å². The van der Waals surface area contributed by atoms with Crippen molar-refractivity contribution >= 4 is 11.3 Å². The number of rotatable bonds is 3. The van der Waals surface area contributed by atoms with E-state index in [2.05, 4.69) is 29.2 Å². The van der Waals surface area contributed by atoms with E-state index in [1.165, 1.54) is 10.4 Å². The highest BCUT2D eigenvalue weighted by molar-refractivity contribution is 7.15. The van der Waals surface area contributed by atoms with Crippen molar-refractivity contribution in [3.8, 4) is 21.7 Å². The number of hydrogen-bond donors (Lipinski definition) is 1. The molecule has 3 rings (SSSR count). The van der Waals surface area contributed by atoms with E-state index in [-0.39, 0.29) is 0 Å². The fourth-order valence-corrected chi connectivity index (χ4v) is 3.00. The molecule has 2 nitrogen and oxygen atoms in total. The van der Waals surface area contributed by atoms with Crippen LogP contribution < -0.4 is 5.73 Å². The molecule has 0 fully saturated rings. The molecular formula is C16H14N2S. The van der Waals surface area contributed by atoms with Gasteiger partial charge in [0.15, 0.2) is 0 Å². The van der Waals surface area contributed by atoms with Crippen LogP contribution >= 0.6 is 11.3 Å². The molecule has 0 saturated carbocycles. The van der Waals surface area contributed by atoms with Gasteiger partial charge in [0.05, 0.1) is 10.6 Å². The van der Waals surface area contributed by atoms with Crippen LogP contribution in [0.25, 0.3) is 21.7 Å². The van der Waals surface area contributed by atoms with E-state index in [1.807, 2.05) is 36.4 Å². The van der Waals surface area contributed by atoms with Crippen LogP contribution in [-0.2, 0) is 6.54 Å². The molecule has 0 atom stereocenters. The molecule has 0 saturated heterocycles. The van der Waals surface area contributed by atoms with Crippen molar-refractivity contribution in [3.63, 3.8) is 0 Å². The van der Waals surface area contributed by atoms with Gasteiger partial charge in [-0.15, -0.1) is 11.3 Å². The third kappa shape index (κ3) is 2.43. The van der Waals surface area contributed by atoms with Gasteiger partial charge in [0, 0.05) is 12.1 Å². The first-order chi connectivity index (χ1) is 9.38. The summed E-state index contributed by atoms with van der Waals surface area (Å²) in [6, 6.07) is 20.6. The molecule has 94 valence electrons. The van der Waals surface area contributed by atoms with Gasteiger partial charge in [-0.05, 0) is 5.56 Å². The maximum Gasteiger partial charge on any atom is 0.107 e. The first-order valence-electron chi connectivity index (χ1n) is 6.19. The lowest BCUT2D eigenvalue weighted by Gasteiger charge is -2.02. The van der Waals surface area contributed by atoms with Crippen molar-refractivity contribution < 1.29 is 0 Å². The minimum atomic E-state index is 0.483. The second kappa shape index (κ2) is 5.34. The average molecular weight is 266 g/mol. The Bertz CT molecular complexity index is 603. The van der Waals surface area contributed by atoms with Crippen molar-refractivity contribution in [3.05, 3.63) is 65.7 Å². The lowest BCUT2D eigenvalue weighted by molar-refractivity contribution is 1.04. The summed E-state index contributed by atoms with van der Waals surface area (Å²) in [5, 5.41) is 0.970. The number of nitrogens with two attached hydrogens (primary N) is 1. The van der Waals surface area contributed by atoms with Crippen molar-refractivity contribution in [2.75, 3.05) is 0 Å². The Morgan fingerprint density at radius 3 is 2.00 bits per heavy atom. The fourth-order valence-electron chi connectivity index (χ4n) is 2.03. The Kier molecular flexibility index (Phi) is 3.40. The third-order valence-electron chi connectivity index (χ3n) is 2.93. The lowest BCUT2D eigenvalue weighted by atomic mass is 10.1. The summed E-state index contributed by atoms with van der Waals surface area (Å²) in [6.45, 7) is 0.483. The van der Waals surface area contributed by atoms with Crippen LogP contribution in [0, 0.1) is 0 Å². The Hall–Kier alpha value is -1.97. The Morgan fingerprint density at radius 1 is 0.842 bits per heavy atom. The Balaban J connectivity index is 2.17. The molecule has 0 unspecified atom stereocenters. The van der Waals surface area contributed by atoms with Crippen molar-refractivity contribution in [1.82, 2.24) is 4.98 Å². The van der Waals surface area contributed by atoms with E-state index in [4.69, 9.17) is 5.73 Å². The summed E-state index contributed by atoms with van der Waals surface area (Å²) in [5.74, 6) is 0. The summed E-state index contributed by atoms with van der Waals surface area (Å²) >= 11 is 1.67. The molecule has 0 aliphatic rings. The van der Waals surface area contributed by atoms with Crippen LogP contribution in [0.3, 0.4) is 0 Å². The quantitative estimate of drug-likeness (QED) is 0.780. The highest BCUT2D eigenvalue weighted by Crippen LogP contribution is 2.36. The minimum Gasteiger partial charge on any atom is -0.325 e. The largest absolute Gasteiger partial charge is 0.325 e. The molecule has 1 heterocycles. The molecule has 0 amide bonds. The van der Waals surface area contributed by atoms with E-state index in [1.54, 1.807) is 11.3 Å². The minimum absolute atomic E-state index is 0.483.